The minimum absolute atomic E-state index is 0.328. The van der Waals surface area contributed by atoms with Crippen LogP contribution in [0.1, 0.15) is 52.0 Å². The second-order valence-corrected chi connectivity index (χ2v) is 11.0. The molecule has 7 rings (SSSR count). The van der Waals surface area contributed by atoms with E-state index < -0.39 is 5.60 Å². The molecule has 43 heavy (non-hydrogen) atoms. The molecular weight excluding hydrogens is 539 g/mol. The number of anilines is 4. The molecule has 0 fully saturated rings. The van der Waals surface area contributed by atoms with Gasteiger partial charge >= 0.3 is 5.97 Å². The Morgan fingerprint density at radius 1 is 0.791 bits per heavy atom. The van der Waals surface area contributed by atoms with E-state index in [1.807, 2.05) is 55.5 Å². The highest BCUT2D eigenvalue weighted by molar-refractivity contribution is 5.97. The van der Waals surface area contributed by atoms with Crippen molar-refractivity contribution in [3.63, 3.8) is 0 Å². The van der Waals surface area contributed by atoms with Crippen LogP contribution in [0.2, 0.25) is 0 Å². The largest absolute Gasteiger partial charge is 0.456 e. The van der Waals surface area contributed by atoms with Crippen molar-refractivity contribution in [2.45, 2.75) is 32.8 Å². The number of carbonyl (C=O) groups is 1. The second-order valence-electron chi connectivity index (χ2n) is 11.0. The van der Waals surface area contributed by atoms with E-state index in [9.17, 15) is 9.18 Å². The summed E-state index contributed by atoms with van der Waals surface area (Å²) in [4.78, 5) is 15.6. The second kappa shape index (κ2) is 10.3. The van der Waals surface area contributed by atoms with Crippen LogP contribution in [0.4, 0.5) is 27.1 Å². The van der Waals surface area contributed by atoms with Gasteiger partial charge < -0.3 is 19.7 Å². The first-order chi connectivity index (χ1) is 20.9. The van der Waals surface area contributed by atoms with E-state index in [4.69, 9.17) is 9.47 Å². The van der Waals surface area contributed by atoms with E-state index in [-0.39, 0.29) is 11.8 Å². The standard InChI is InChI=1S/C37H31FN2O3/c1-4-24-13-15-27(16-14-24)40(5-2)28-17-18-31-35(21-28)42-34-19-23(3)33(39-26-10-8-9-25(38)20-26)22-32(34)37(31)30-12-7-6-11-29(30)36(41)43-37/h6-22,39H,4-5H2,1-3H3. The Morgan fingerprint density at radius 3 is 2.33 bits per heavy atom. The van der Waals surface area contributed by atoms with Crippen LogP contribution in [0, 0.1) is 12.7 Å². The Kier molecular flexibility index (Phi) is 6.42. The number of benzene rings is 5. The molecule has 0 saturated carbocycles. The summed E-state index contributed by atoms with van der Waals surface area (Å²) in [6.07, 6.45) is 0.986. The zero-order chi connectivity index (χ0) is 29.7. The predicted molar refractivity (Wildman–Crippen MR) is 168 cm³/mol. The Balaban J connectivity index is 1.39. The number of nitrogens with one attached hydrogen (secondary N) is 1. The van der Waals surface area contributed by atoms with Gasteiger partial charge in [0.25, 0.3) is 0 Å². The number of carbonyl (C=O) groups excluding carboxylic acids is 1. The molecule has 5 aromatic carbocycles. The summed E-state index contributed by atoms with van der Waals surface area (Å²) < 4.78 is 27.0. The van der Waals surface area contributed by atoms with Gasteiger partial charge in [0, 0.05) is 52.1 Å². The number of nitrogens with zero attached hydrogens (tertiary/aromatic N) is 1. The average Bonchev–Trinajstić information content (AvgIpc) is 3.31. The first-order valence-electron chi connectivity index (χ1n) is 14.6. The lowest BCUT2D eigenvalue weighted by atomic mass is 9.77. The zero-order valence-electron chi connectivity index (χ0n) is 24.3. The van der Waals surface area contributed by atoms with Crippen molar-refractivity contribution in [3.05, 3.63) is 142 Å². The smallest absolute Gasteiger partial charge is 0.340 e. The first-order valence-corrected chi connectivity index (χ1v) is 14.6. The van der Waals surface area contributed by atoms with E-state index in [1.54, 1.807) is 12.1 Å². The van der Waals surface area contributed by atoms with Crippen LogP contribution in [0.3, 0.4) is 0 Å². The molecule has 1 atom stereocenters. The van der Waals surface area contributed by atoms with Crippen molar-refractivity contribution in [2.75, 3.05) is 16.8 Å². The van der Waals surface area contributed by atoms with Crippen LogP contribution >= 0.6 is 0 Å². The average molecular weight is 571 g/mol. The van der Waals surface area contributed by atoms with Gasteiger partial charge in [-0.15, -0.1) is 0 Å². The monoisotopic (exact) mass is 570 g/mol. The summed E-state index contributed by atoms with van der Waals surface area (Å²) in [5.74, 6) is 0.520. The Morgan fingerprint density at radius 2 is 1.56 bits per heavy atom. The Bertz CT molecular complexity index is 1880. The van der Waals surface area contributed by atoms with Crippen molar-refractivity contribution in [1.29, 1.82) is 0 Å². The number of ether oxygens (including phenoxy) is 2. The summed E-state index contributed by atoms with van der Waals surface area (Å²) >= 11 is 0. The quantitative estimate of drug-likeness (QED) is 0.206. The van der Waals surface area contributed by atoms with Crippen molar-refractivity contribution in [1.82, 2.24) is 0 Å². The molecule has 1 unspecified atom stereocenters. The summed E-state index contributed by atoms with van der Waals surface area (Å²) in [5.41, 5.74) is 7.18. The lowest BCUT2D eigenvalue weighted by Gasteiger charge is -2.38. The van der Waals surface area contributed by atoms with Crippen LogP contribution in [-0.2, 0) is 16.8 Å². The molecule has 0 saturated heterocycles. The number of hydrogen-bond acceptors (Lipinski definition) is 5. The molecule has 0 bridgehead atoms. The third kappa shape index (κ3) is 4.33. The molecular formula is C37H31FN2O3. The number of esters is 1. The van der Waals surface area contributed by atoms with Gasteiger partial charge in [0.1, 0.15) is 17.3 Å². The molecule has 2 aliphatic heterocycles. The number of hydrogen-bond donors (Lipinski definition) is 1. The lowest BCUT2D eigenvalue weighted by molar-refractivity contribution is 0.0224. The topological polar surface area (TPSA) is 50.8 Å². The van der Waals surface area contributed by atoms with Gasteiger partial charge in [-0.2, -0.15) is 0 Å². The fourth-order valence-corrected chi connectivity index (χ4v) is 6.26. The highest BCUT2D eigenvalue weighted by Gasteiger charge is 2.53. The fraction of sp³-hybridized carbons (Fsp3) is 0.162. The van der Waals surface area contributed by atoms with E-state index in [0.717, 1.165) is 46.7 Å². The first kappa shape index (κ1) is 26.8. The third-order valence-corrected chi connectivity index (χ3v) is 8.43. The molecule has 1 N–H and O–H groups in total. The lowest BCUT2D eigenvalue weighted by Crippen LogP contribution is -2.33. The van der Waals surface area contributed by atoms with Crippen LogP contribution < -0.4 is 15.0 Å². The van der Waals surface area contributed by atoms with Crippen LogP contribution in [-0.4, -0.2) is 12.5 Å². The Hall–Kier alpha value is -5.10. The maximum absolute atomic E-state index is 14.0. The minimum Gasteiger partial charge on any atom is -0.456 e. The van der Waals surface area contributed by atoms with Gasteiger partial charge in [-0.05, 0) is 92.1 Å². The minimum atomic E-state index is -1.21. The molecule has 1 spiro atoms. The van der Waals surface area contributed by atoms with Gasteiger partial charge in [0.15, 0.2) is 5.60 Å². The predicted octanol–water partition coefficient (Wildman–Crippen LogP) is 9.17. The molecule has 0 radical (unpaired) electrons. The number of halogens is 1. The van der Waals surface area contributed by atoms with Crippen molar-refractivity contribution >= 4 is 28.7 Å². The van der Waals surface area contributed by atoms with Gasteiger partial charge in [0.05, 0.1) is 5.56 Å². The molecule has 0 amide bonds. The summed E-state index contributed by atoms with van der Waals surface area (Å²) in [6, 6.07) is 32.4. The molecule has 2 aliphatic rings. The van der Waals surface area contributed by atoms with E-state index >= 15 is 0 Å². The molecule has 214 valence electrons. The Labute approximate surface area is 250 Å². The van der Waals surface area contributed by atoms with Gasteiger partial charge in [0.2, 0.25) is 0 Å². The SMILES string of the molecule is CCc1ccc(N(CC)c2ccc3c(c2)Oc2cc(C)c(Nc4cccc(F)c4)cc2C32OC(=O)c3ccccc32)cc1. The van der Waals surface area contributed by atoms with Crippen molar-refractivity contribution in [2.24, 2.45) is 0 Å². The van der Waals surface area contributed by atoms with E-state index in [2.05, 4.69) is 54.4 Å². The normalized spacial score (nSPS) is 16.1. The molecule has 0 aliphatic carbocycles. The molecule has 6 heteroatoms. The number of rotatable bonds is 6. The summed E-state index contributed by atoms with van der Waals surface area (Å²) in [7, 11) is 0. The molecule has 5 nitrogen and oxygen atoms in total. The van der Waals surface area contributed by atoms with E-state index in [0.29, 0.717) is 28.3 Å². The highest BCUT2D eigenvalue weighted by Crippen LogP contribution is 2.57. The zero-order valence-corrected chi connectivity index (χ0v) is 24.3. The van der Waals surface area contributed by atoms with Crippen molar-refractivity contribution < 1.29 is 18.7 Å². The number of fused-ring (bicyclic) bond motifs is 6. The van der Waals surface area contributed by atoms with Crippen LogP contribution in [0.5, 0.6) is 11.5 Å². The maximum atomic E-state index is 14.0. The van der Waals surface area contributed by atoms with Crippen molar-refractivity contribution in [3.8, 4) is 11.5 Å². The van der Waals surface area contributed by atoms with Crippen LogP contribution in [0.25, 0.3) is 0 Å². The van der Waals surface area contributed by atoms with Gasteiger partial charge in [-0.25, -0.2) is 9.18 Å². The number of aryl methyl sites for hydroxylation is 2. The highest BCUT2D eigenvalue weighted by atomic mass is 19.1. The fourth-order valence-electron chi connectivity index (χ4n) is 6.26. The molecule has 2 heterocycles. The van der Waals surface area contributed by atoms with Gasteiger partial charge in [-0.3, -0.25) is 0 Å². The van der Waals surface area contributed by atoms with Gasteiger partial charge in [-0.1, -0.05) is 43.3 Å². The summed E-state index contributed by atoms with van der Waals surface area (Å²) in [6.45, 7) is 7.00. The van der Waals surface area contributed by atoms with E-state index in [1.165, 1.54) is 17.7 Å². The third-order valence-electron chi connectivity index (χ3n) is 8.43. The maximum Gasteiger partial charge on any atom is 0.340 e. The van der Waals surface area contributed by atoms with Crippen LogP contribution in [0.15, 0.2) is 103 Å². The molecule has 5 aromatic rings. The molecule has 0 aromatic heterocycles. The summed E-state index contributed by atoms with van der Waals surface area (Å²) in [5, 5.41) is 3.34.